The van der Waals surface area contributed by atoms with Crippen molar-refractivity contribution in [3.63, 3.8) is 0 Å². The Bertz CT molecular complexity index is 1240. The number of aryl methyl sites for hydroxylation is 2. The lowest BCUT2D eigenvalue weighted by atomic mass is 9.95. The number of furan rings is 1. The summed E-state index contributed by atoms with van der Waals surface area (Å²) in [5, 5.41) is 11.3. The molecule has 0 bridgehead atoms. The van der Waals surface area contributed by atoms with Crippen LogP contribution in [-0.4, -0.2) is 30.5 Å². The van der Waals surface area contributed by atoms with Crippen LogP contribution in [0, 0.1) is 13.8 Å². The molecule has 7 heteroatoms. The molecule has 170 valence electrons. The number of nitrogens with zero attached hydrogens (tertiary/aromatic N) is 1. The minimum absolute atomic E-state index is 0.0376. The highest BCUT2D eigenvalue weighted by molar-refractivity contribution is 6.51. The van der Waals surface area contributed by atoms with Gasteiger partial charge >= 0.3 is 0 Å². The maximum absolute atomic E-state index is 13.2. The van der Waals surface area contributed by atoms with Crippen molar-refractivity contribution in [3.05, 3.63) is 82.8 Å². The fourth-order valence-electron chi connectivity index (χ4n) is 4.11. The van der Waals surface area contributed by atoms with Crippen LogP contribution in [0.2, 0.25) is 0 Å². The van der Waals surface area contributed by atoms with Gasteiger partial charge in [0.05, 0.1) is 25.6 Å². The van der Waals surface area contributed by atoms with Crippen LogP contribution >= 0.6 is 0 Å². The number of anilines is 1. The second-order valence-electron chi connectivity index (χ2n) is 7.75. The maximum Gasteiger partial charge on any atom is 0.300 e. The molecule has 0 radical (unpaired) electrons. The van der Waals surface area contributed by atoms with Crippen LogP contribution in [-0.2, 0) is 9.59 Å². The number of hydrogen-bond acceptors (Lipinski definition) is 6. The summed E-state index contributed by atoms with van der Waals surface area (Å²) in [7, 11) is 1.57. The summed E-state index contributed by atoms with van der Waals surface area (Å²) in [6.45, 7) is 5.97. The first-order chi connectivity index (χ1) is 15.9. The van der Waals surface area contributed by atoms with Gasteiger partial charge in [0.25, 0.3) is 11.7 Å². The lowest BCUT2D eigenvalue weighted by molar-refractivity contribution is -0.132. The van der Waals surface area contributed by atoms with Gasteiger partial charge in [-0.05, 0) is 68.3 Å². The van der Waals surface area contributed by atoms with Crippen molar-refractivity contribution >= 4 is 23.1 Å². The predicted molar refractivity (Wildman–Crippen MR) is 124 cm³/mol. The summed E-state index contributed by atoms with van der Waals surface area (Å²) in [5.41, 5.74) is 2.37. The van der Waals surface area contributed by atoms with Crippen molar-refractivity contribution in [1.29, 1.82) is 0 Å². The van der Waals surface area contributed by atoms with E-state index in [9.17, 15) is 14.7 Å². The maximum atomic E-state index is 13.2. The van der Waals surface area contributed by atoms with E-state index in [-0.39, 0.29) is 11.3 Å². The topological polar surface area (TPSA) is 89.2 Å². The molecule has 4 rings (SSSR count). The Hall–Kier alpha value is -4.00. The lowest BCUT2D eigenvalue weighted by Gasteiger charge is -2.24. The highest BCUT2D eigenvalue weighted by Gasteiger charge is 2.48. The minimum atomic E-state index is -0.932. The molecular weight excluding hydrogens is 422 g/mol. The Morgan fingerprint density at radius 2 is 1.88 bits per heavy atom. The third-order valence-electron chi connectivity index (χ3n) is 5.66. The molecule has 2 aromatic carbocycles. The lowest BCUT2D eigenvalue weighted by Crippen LogP contribution is -2.29. The highest BCUT2D eigenvalue weighted by atomic mass is 16.5. The van der Waals surface area contributed by atoms with Gasteiger partial charge in [-0.15, -0.1) is 0 Å². The van der Waals surface area contributed by atoms with Crippen molar-refractivity contribution in [1.82, 2.24) is 0 Å². The zero-order valence-corrected chi connectivity index (χ0v) is 18.9. The number of ether oxygens (including phenoxy) is 2. The molecule has 1 aliphatic heterocycles. The molecule has 7 nitrogen and oxygen atoms in total. The number of hydrogen-bond donors (Lipinski definition) is 1. The van der Waals surface area contributed by atoms with Crippen molar-refractivity contribution in [2.45, 2.75) is 26.8 Å². The normalized spacial score (nSPS) is 17.5. The van der Waals surface area contributed by atoms with Gasteiger partial charge in [0.15, 0.2) is 0 Å². The van der Waals surface area contributed by atoms with E-state index in [2.05, 4.69) is 0 Å². The van der Waals surface area contributed by atoms with Gasteiger partial charge in [0.2, 0.25) is 0 Å². The first-order valence-corrected chi connectivity index (χ1v) is 10.6. The van der Waals surface area contributed by atoms with Crippen LogP contribution in [0.5, 0.6) is 11.5 Å². The van der Waals surface area contributed by atoms with Crippen LogP contribution in [0.4, 0.5) is 5.69 Å². The zero-order chi connectivity index (χ0) is 23.7. The number of rotatable bonds is 6. The van der Waals surface area contributed by atoms with E-state index in [1.807, 2.05) is 13.8 Å². The van der Waals surface area contributed by atoms with Crippen molar-refractivity contribution in [2.24, 2.45) is 0 Å². The average Bonchev–Trinajstić information content (AvgIpc) is 3.42. The second kappa shape index (κ2) is 8.86. The predicted octanol–water partition coefficient (Wildman–Crippen LogP) is 4.93. The van der Waals surface area contributed by atoms with Gasteiger partial charge in [-0.2, -0.15) is 0 Å². The molecule has 0 aliphatic carbocycles. The van der Waals surface area contributed by atoms with Crippen molar-refractivity contribution < 1.29 is 28.6 Å². The number of amides is 1. The molecule has 3 aromatic rings. The molecule has 2 heterocycles. The minimum Gasteiger partial charge on any atom is -0.507 e. The third-order valence-corrected chi connectivity index (χ3v) is 5.66. The summed E-state index contributed by atoms with van der Waals surface area (Å²) in [6.07, 6.45) is 1.47. The van der Waals surface area contributed by atoms with E-state index in [1.54, 1.807) is 62.6 Å². The average molecular weight is 447 g/mol. The largest absolute Gasteiger partial charge is 0.507 e. The van der Waals surface area contributed by atoms with E-state index >= 15 is 0 Å². The van der Waals surface area contributed by atoms with Gasteiger partial charge in [-0.1, -0.05) is 6.07 Å². The van der Waals surface area contributed by atoms with Gasteiger partial charge in [0.1, 0.15) is 29.1 Å². The number of ketones is 1. The Kier molecular flexibility index (Phi) is 5.96. The Balaban J connectivity index is 1.92. The van der Waals surface area contributed by atoms with Crippen molar-refractivity contribution in [2.75, 3.05) is 18.6 Å². The van der Waals surface area contributed by atoms with Gasteiger partial charge in [0, 0.05) is 17.3 Å². The summed E-state index contributed by atoms with van der Waals surface area (Å²) < 4.78 is 16.5. The molecule has 1 aliphatic rings. The Morgan fingerprint density at radius 1 is 1.09 bits per heavy atom. The van der Waals surface area contributed by atoms with E-state index in [1.165, 1.54) is 11.2 Å². The van der Waals surface area contributed by atoms with E-state index in [4.69, 9.17) is 13.9 Å². The Morgan fingerprint density at radius 3 is 2.55 bits per heavy atom. The molecule has 1 atom stereocenters. The first-order valence-electron chi connectivity index (χ1n) is 10.6. The van der Waals surface area contributed by atoms with Crippen LogP contribution in [0.25, 0.3) is 5.76 Å². The SMILES string of the molecule is CCOc1cccc(N2C(=O)C(=O)/C(=C(\O)c3cc(C)c(OC)cc3C)C2c2ccco2)c1. The summed E-state index contributed by atoms with van der Waals surface area (Å²) in [4.78, 5) is 27.8. The van der Waals surface area contributed by atoms with Crippen LogP contribution in [0.1, 0.15) is 35.4 Å². The molecular formula is C26H25NO6. The van der Waals surface area contributed by atoms with Crippen LogP contribution in [0.3, 0.4) is 0 Å². The van der Waals surface area contributed by atoms with E-state index < -0.39 is 17.7 Å². The van der Waals surface area contributed by atoms with Gasteiger partial charge in [-0.3, -0.25) is 14.5 Å². The first kappa shape index (κ1) is 22.2. The van der Waals surface area contributed by atoms with E-state index in [0.717, 1.165) is 5.56 Å². The molecule has 0 spiro atoms. The monoisotopic (exact) mass is 447 g/mol. The number of aliphatic hydroxyl groups excluding tert-OH is 1. The quantitative estimate of drug-likeness (QED) is 0.327. The molecule has 1 aromatic heterocycles. The fraction of sp³-hybridized carbons (Fsp3) is 0.231. The highest BCUT2D eigenvalue weighted by Crippen LogP contribution is 2.43. The van der Waals surface area contributed by atoms with Crippen LogP contribution in [0.15, 0.2) is 64.8 Å². The number of carbonyl (C=O) groups excluding carboxylic acids is 2. The summed E-state index contributed by atoms with van der Waals surface area (Å²) in [6, 6.07) is 12.9. The van der Waals surface area contributed by atoms with Crippen molar-refractivity contribution in [3.8, 4) is 11.5 Å². The molecule has 0 saturated carbocycles. The smallest absolute Gasteiger partial charge is 0.300 e. The number of aliphatic hydroxyl groups is 1. The number of carbonyl (C=O) groups is 2. The van der Waals surface area contributed by atoms with Gasteiger partial charge in [-0.25, -0.2) is 0 Å². The standard InChI is InChI=1S/C26H25NO6/c1-5-32-18-9-6-8-17(14-18)27-23(20-10-7-11-33-20)22(25(29)26(27)30)24(28)19-12-16(3)21(31-4)13-15(19)2/h6-14,23,28H,5H2,1-4H3/b24-22-. The molecule has 1 N–H and O–H groups in total. The summed E-state index contributed by atoms with van der Waals surface area (Å²) >= 11 is 0. The molecule has 1 saturated heterocycles. The number of Topliss-reactive ketones (excluding diaryl/α,β-unsaturated/α-hetero) is 1. The molecule has 1 fully saturated rings. The molecule has 1 unspecified atom stereocenters. The zero-order valence-electron chi connectivity index (χ0n) is 18.9. The molecule has 1 amide bonds. The Labute approximate surface area is 191 Å². The second-order valence-corrected chi connectivity index (χ2v) is 7.75. The third kappa shape index (κ3) is 3.86. The number of methoxy groups -OCH3 is 1. The fourth-order valence-corrected chi connectivity index (χ4v) is 4.11. The van der Waals surface area contributed by atoms with Crippen LogP contribution < -0.4 is 14.4 Å². The van der Waals surface area contributed by atoms with Gasteiger partial charge < -0.3 is 19.0 Å². The van der Waals surface area contributed by atoms with E-state index in [0.29, 0.717) is 40.7 Å². The molecule has 33 heavy (non-hydrogen) atoms. The number of benzene rings is 2. The summed E-state index contributed by atoms with van der Waals surface area (Å²) in [5.74, 6) is -0.212.